The Morgan fingerprint density at radius 3 is 2.41 bits per heavy atom. The van der Waals surface area contributed by atoms with Crippen molar-refractivity contribution in [3.63, 3.8) is 0 Å². The molecule has 22 heavy (non-hydrogen) atoms. The van der Waals surface area contributed by atoms with Crippen LogP contribution in [0.4, 0.5) is 5.69 Å². The first-order chi connectivity index (χ1) is 10.7. The highest BCUT2D eigenvalue weighted by atomic mass is 16.7. The molecule has 0 amide bonds. The molecule has 1 saturated heterocycles. The lowest BCUT2D eigenvalue weighted by atomic mass is 9.81. The topological polar surface area (TPSA) is 46.4 Å². The summed E-state index contributed by atoms with van der Waals surface area (Å²) in [5.41, 5.74) is 2.48. The highest BCUT2D eigenvalue weighted by Crippen LogP contribution is 2.42. The van der Waals surface area contributed by atoms with Crippen molar-refractivity contribution in [3.8, 4) is 0 Å². The van der Waals surface area contributed by atoms with E-state index in [1.165, 1.54) is 5.56 Å². The largest absolute Gasteiger partial charge is 0.348 e. The molecule has 0 radical (unpaired) electrons. The lowest BCUT2D eigenvalue weighted by Crippen LogP contribution is -2.34. The Bertz CT molecular complexity index is 525. The van der Waals surface area contributed by atoms with E-state index in [2.05, 4.69) is 41.2 Å². The normalized spacial score (nSPS) is 21.5. The van der Waals surface area contributed by atoms with Gasteiger partial charge in [-0.15, -0.1) is 5.10 Å². The third kappa shape index (κ3) is 3.20. The van der Waals surface area contributed by atoms with Crippen molar-refractivity contribution in [3.05, 3.63) is 29.8 Å². The van der Waals surface area contributed by atoms with Crippen molar-refractivity contribution in [2.24, 2.45) is 10.2 Å². The first-order valence-electron chi connectivity index (χ1n) is 7.82. The van der Waals surface area contributed by atoms with Crippen LogP contribution in [-0.4, -0.2) is 39.1 Å². The molecule has 0 bridgehead atoms. The Hall–Kier alpha value is -1.72. The van der Waals surface area contributed by atoms with Crippen LogP contribution < -0.4 is 4.90 Å². The molecule has 1 aromatic rings. The van der Waals surface area contributed by atoms with Gasteiger partial charge in [0.05, 0.1) is 13.2 Å². The van der Waals surface area contributed by atoms with E-state index in [4.69, 9.17) is 9.47 Å². The minimum atomic E-state index is -0.273. The van der Waals surface area contributed by atoms with Crippen molar-refractivity contribution in [2.45, 2.75) is 37.4 Å². The monoisotopic (exact) mass is 301 g/mol. The van der Waals surface area contributed by atoms with Gasteiger partial charge >= 0.3 is 0 Å². The zero-order valence-electron chi connectivity index (χ0n) is 13.1. The molecule has 0 atom stereocenters. The highest BCUT2D eigenvalue weighted by molar-refractivity contribution is 5.78. The van der Waals surface area contributed by atoms with Crippen molar-refractivity contribution in [1.82, 2.24) is 0 Å². The molecule has 1 heterocycles. The van der Waals surface area contributed by atoms with Crippen LogP contribution in [0.5, 0.6) is 0 Å². The minimum absolute atomic E-state index is 0.273. The van der Waals surface area contributed by atoms with Gasteiger partial charge in [0, 0.05) is 32.3 Å². The summed E-state index contributed by atoms with van der Waals surface area (Å²) in [7, 11) is 1.95. The van der Waals surface area contributed by atoms with Gasteiger partial charge < -0.3 is 14.4 Å². The Kier molecular flexibility index (Phi) is 4.55. The van der Waals surface area contributed by atoms with E-state index in [0.717, 1.165) is 44.6 Å². The fraction of sp³-hybridized carbons (Fsp3) is 0.529. The molecule has 5 heteroatoms. The van der Waals surface area contributed by atoms with Gasteiger partial charge in [-0.1, -0.05) is 12.1 Å². The van der Waals surface area contributed by atoms with Crippen LogP contribution in [0.2, 0.25) is 0 Å². The smallest absolute Gasteiger partial charge is 0.168 e. The second-order valence-corrected chi connectivity index (χ2v) is 5.96. The molecule has 1 saturated carbocycles. The summed E-state index contributed by atoms with van der Waals surface area (Å²) in [6.07, 6.45) is 5.89. The van der Waals surface area contributed by atoms with E-state index in [-0.39, 0.29) is 5.79 Å². The zero-order valence-corrected chi connectivity index (χ0v) is 13.1. The molecule has 1 aliphatic carbocycles. The van der Waals surface area contributed by atoms with Crippen molar-refractivity contribution < 1.29 is 9.47 Å². The second kappa shape index (κ2) is 6.58. The number of benzene rings is 1. The van der Waals surface area contributed by atoms with Gasteiger partial charge in [-0.05, 0) is 36.5 Å². The predicted molar refractivity (Wildman–Crippen MR) is 88.7 cm³/mol. The fourth-order valence-corrected chi connectivity index (χ4v) is 3.34. The summed E-state index contributed by atoms with van der Waals surface area (Å²) < 4.78 is 11.6. The maximum Gasteiger partial charge on any atom is 0.168 e. The van der Waals surface area contributed by atoms with Crippen LogP contribution in [0.3, 0.4) is 0 Å². The average molecular weight is 301 g/mol. The van der Waals surface area contributed by atoms with Crippen LogP contribution in [0.1, 0.15) is 37.2 Å². The molecule has 0 aromatic heterocycles. The fourth-order valence-electron chi connectivity index (χ4n) is 3.34. The van der Waals surface area contributed by atoms with Crippen LogP contribution in [0.25, 0.3) is 0 Å². The third-order valence-electron chi connectivity index (χ3n) is 4.64. The third-order valence-corrected chi connectivity index (χ3v) is 4.64. The summed E-state index contributed by atoms with van der Waals surface area (Å²) in [4.78, 5) is 1.93. The quantitative estimate of drug-likeness (QED) is 0.487. The Labute approximate surface area is 131 Å². The molecule has 2 aliphatic rings. The summed E-state index contributed by atoms with van der Waals surface area (Å²) in [6.45, 7) is 4.82. The van der Waals surface area contributed by atoms with Crippen LogP contribution >= 0.6 is 0 Å². The first-order valence-corrected chi connectivity index (χ1v) is 7.82. The second-order valence-electron chi connectivity index (χ2n) is 5.96. The van der Waals surface area contributed by atoms with Crippen molar-refractivity contribution >= 4 is 18.7 Å². The van der Waals surface area contributed by atoms with Gasteiger partial charge in [0.2, 0.25) is 0 Å². The molecular weight excluding hydrogens is 278 g/mol. The van der Waals surface area contributed by atoms with Crippen LogP contribution in [-0.2, 0) is 9.47 Å². The lowest BCUT2D eigenvalue weighted by Gasteiger charge is -2.35. The number of nitrogens with zero attached hydrogens (tertiary/aromatic N) is 3. The Morgan fingerprint density at radius 2 is 1.82 bits per heavy atom. The van der Waals surface area contributed by atoms with Crippen LogP contribution in [0.15, 0.2) is 34.5 Å². The van der Waals surface area contributed by atoms with Gasteiger partial charge in [-0.25, -0.2) is 0 Å². The van der Waals surface area contributed by atoms with E-state index in [1.54, 1.807) is 6.34 Å². The van der Waals surface area contributed by atoms with Gasteiger partial charge in [0.1, 0.15) is 6.34 Å². The van der Waals surface area contributed by atoms with E-state index in [9.17, 15) is 0 Å². The van der Waals surface area contributed by atoms with E-state index < -0.39 is 0 Å². The zero-order chi connectivity index (χ0) is 15.4. The first kappa shape index (κ1) is 15.2. The van der Waals surface area contributed by atoms with Gasteiger partial charge in [-0.3, -0.25) is 0 Å². The molecule has 0 unspecified atom stereocenters. The maximum absolute atomic E-state index is 5.80. The maximum atomic E-state index is 5.80. The molecule has 1 aliphatic heterocycles. The number of rotatable bonds is 4. The number of anilines is 1. The SMILES string of the molecule is C=N/N=C\N(C)c1ccc(C2CCC3(CC2)OCCO3)cc1. The molecule has 2 fully saturated rings. The van der Waals surface area contributed by atoms with Gasteiger partial charge in [-0.2, -0.15) is 5.10 Å². The minimum Gasteiger partial charge on any atom is -0.348 e. The predicted octanol–water partition coefficient (Wildman–Crippen LogP) is 3.17. The molecule has 5 nitrogen and oxygen atoms in total. The Morgan fingerprint density at radius 1 is 1.18 bits per heavy atom. The van der Waals surface area contributed by atoms with E-state index in [1.807, 2.05) is 11.9 Å². The average Bonchev–Trinajstić information content (AvgIpc) is 3.02. The number of ether oxygens (including phenoxy) is 2. The van der Waals surface area contributed by atoms with E-state index >= 15 is 0 Å². The van der Waals surface area contributed by atoms with Gasteiger partial charge in [0.15, 0.2) is 5.79 Å². The lowest BCUT2D eigenvalue weighted by molar-refractivity contribution is -0.178. The number of hydrogen-bond acceptors (Lipinski definition) is 4. The van der Waals surface area contributed by atoms with E-state index in [0.29, 0.717) is 5.92 Å². The molecular formula is C17H23N3O2. The number of hydrogen-bond donors (Lipinski definition) is 0. The molecule has 3 rings (SSSR count). The standard InChI is InChI=1S/C17H23N3O2/c1-18-19-13-20(2)16-5-3-14(4-6-16)15-7-9-17(10-8-15)21-11-12-22-17/h3-6,13,15H,1,7-12H2,2H3/b19-13-. The molecule has 1 aromatic carbocycles. The highest BCUT2D eigenvalue weighted by Gasteiger charge is 2.40. The summed E-state index contributed by atoms with van der Waals surface area (Å²) in [5.74, 6) is 0.325. The summed E-state index contributed by atoms with van der Waals surface area (Å²) in [6, 6.07) is 8.66. The van der Waals surface area contributed by atoms with Crippen LogP contribution in [0, 0.1) is 0 Å². The van der Waals surface area contributed by atoms with Gasteiger partial charge in [0.25, 0.3) is 0 Å². The summed E-state index contributed by atoms with van der Waals surface area (Å²) >= 11 is 0. The van der Waals surface area contributed by atoms with Crippen molar-refractivity contribution in [2.75, 3.05) is 25.2 Å². The summed E-state index contributed by atoms with van der Waals surface area (Å²) in [5, 5.41) is 7.27. The Balaban J connectivity index is 1.61. The molecule has 1 spiro atoms. The molecule has 118 valence electrons. The van der Waals surface area contributed by atoms with Crippen molar-refractivity contribution in [1.29, 1.82) is 0 Å². The molecule has 0 N–H and O–H groups in total.